The lowest BCUT2D eigenvalue weighted by Gasteiger charge is -2.29. The molecule has 1 heteroatoms. The van der Waals surface area contributed by atoms with Crippen LogP contribution in [0.3, 0.4) is 0 Å². The van der Waals surface area contributed by atoms with E-state index in [1.54, 1.807) is 0 Å². The molecule has 0 N–H and O–H groups in total. The van der Waals surface area contributed by atoms with Crippen LogP contribution in [0.5, 0.6) is 0 Å². The largest absolute Gasteiger partial charge is 0.310 e. The van der Waals surface area contributed by atoms with Gasteiger partial charge < -0.3 is 4.90 Å². The first-order valence-corrected chi connectivity index (χ1v) is 15.8. The van der Waals surface area contributed by atoms with Crippen LogP contribution in [-0.4, -0.2) is 0 Å². The smallest absolute Gasteiger partial charge is 0.0540 e. The Bertz CT molecular complexity index is 1880. The molecule has 0 atom stereocenters. The van der Waals surface area contributed by atoms with Gasteiger partial charge in [0.05, 0.1) is 5.69 Å². The number of hydrogen-bond acceptors (Lipinski definition) is 1. The molecule has 220 valence electrons. The predicted molar refractivity (Wildman–Crippen MR) is 194 cm³/mol. The van der Waals surface area contributed by atoms with Crippen molar-refractivity contribution in [2.45, 2.75) is 26.7 Å². The van der Waals surface area contributed by atoms with Crippen molar-refractivity contribution in [2.75, 3.05) is 4.90 Å². The van der Waals surface area contributed by atoms with Crippen molar-refractivity contribution in [1.82, 2.24) is 0 Å². The average Bonchev–Trinajstić information content (AvgIpc) is 3.11. The second kappa shape index (κ2) is 14.4. The summed E-state index contributed by atoms with van der Waals surface area (Å²) in [6.45, 7) is 4.24. The van der Waals surface area contributed by atoms with E-state index in [-0.39, 0.29) is 0 Å². The number of rotatable bonds is 6. The summed E-state index contributed by atoms with van der Waals surface area (Å²) in [5.74, 6) is 0. The maximum Gasteiger partial charge on any atom is 0.0540 e. The van der Waals surface area contributed by atoms with E-state index in [9.17, 15) is 0 Å². The van der Waals surface area contributed by atoms with Crippen molar-refractivity contribution in [3.05, 3.63) is 193 Å². The fraction of sp³-hybridized carbons (Fsp3) is 0.0909. The average molecular weight is 582 g/mol. The quantitative estimate of drug-likeness (QED) is 0.189. The molecular weight excluding hydrogens is 542 g/mol. The molecule has 0 bridgehead atoms. The topological polar surface area (TPSA) is 3.24 Å². The minimum absolute atomic E-state index is 1.11. The summed E-state index contributed by atoms with van der Waals surface area (Å²) in [5.41, 5.74) is 13.4. The van der Waals surface area contributed by atoms with Gasteiger partial charge in [-0.15, -0.1) is 0 Å². The number of benzene rings is 6. The Hall–Kier alpha value is -5.40. The molecule has 1 nitrogen and oxygen atoms in total. The van der Waals surface area contributed by atoms with Gasteiger partial charge in [0.15, 0.2) is 0 Å². The summed E-state index contributed by atoms with van der Waals surface area (Å²) in [6, 6.07) is 56.2. The van der Waals surface area contributed by atoms with Crippen LogP contribution in [0.2, 0.25) is 0 Å². The van der Waals surface area contributed by atoms with Crippen molar-refractivity contribution in [3.8, 4) is 22.3 Å². The first-order valence-electron chi connectivity index (χ1n) is 15.8. The lowest BCUT2D eigenvalue weighted by atomic mass is 9.95. The summed E-state index contributed by atoms with van der Waals surface area (Å²) in [6.07, 6.45) is 9.08. The van der Waals surface area contributed by atoms with Crippen LogP contribution in [0.4, 0.5) is 17.1 Å². The molecule has 0 fully saturated rings. The van der Waals surface area contributed by atoms with Gasteiger partial charge in [0.2, 0.25) is 0 Å². The zero-order valence-corrected chi connectivity index (χ0v) is 26.1. The molecule has 0 amide bonds. The fourth-order valence-electron chi connectivity index (χ4n) is 5.75. The Morgan fingerprint density at radius 2 is 1.07 bits per heavy atom. The summed E-state index contributed by atoms with van der Waals surface area (Å²) >= 11 is 0. The molecule has 0 spiro atoms. The number of hydrogen-bond donors (Lipinski definition) is 0. The van der Waals surface area contributed by atoms with Crippen LogP contribution in [0.15, 0.2) is 176 Å². The summed E-state index contributed by atoms with van der Waals surface area (Å²) in [5, 5.41) is 0. The van der Waals surface area contributed by atoms with E-state index >= 15 is 0 Å². The van der Waals surface area contributed by atoms with Gasteiger partial charge in [0.1, 0.15) is 0 Å². The van der Waals surface area contributed by atoms with Gasteiger partial charge in [-0.05, 0) is 96.5 Å². The van der Waals surface area contributed by atoms with Crippen LogP contribution in [0, 0.1) is 13.8 Å². The third-order valence-electron chi connectivity index (χ3n) is 8.08. The molecule has 0 heterocycles. The van der Waals surface area contributed by atoms with E-state index in [1.807, 2.05) is 18.2 Å². The highest BCUT2D eigenvalue weighted by Crippen LogP contribution is 2.43. The summed E-state index contributed by atoms with van der Waals surface area (Å²) < 4.78 is 0. The maximum atomic E-state index is 2.39. The van der Waals surface area contributed by atoms with E-state index in [0.717, 1.165) is 29.9 Å². The summed E-state index contributed by atoms with van der Waals surface area (Å²) in [4.78, 5) is 2.39. The lowest BCUT2D eigenvalue weighted by molar-refractivity contribution is 1.04. The van der Waals surface area contributed by atoms with Gasteiger partial charge in [-0.25, -0.2) is 0 Å². The second-order valence-electron chi connectivity index (χ2n) is 11.5. The minimum atomic E-state index is 1.11. The van der Waals surface area contributed by atoms with Crippen LogP contribution < -0.4 is 4.90 Å². The number of nitrogens with zero attached hydrogens (tertiary/aromatic N) is 1. The molecule has 0 radical (unpaired) electrons. The van der Waals surface area contributed by atoms with Gasteiger partial charge in [-0.3, -0.25) is 0 Å². The molecule has 1 aliphatic carbocycles. The first kappa shape index (κ1) is 29.7. The molecule has 0 saturated carbocycles. The van der Waals surface area contributed by atoms with Crippen molar-refractivity contribution in [3.63, 3.8) is 0 Å². The number of aryl methyl sites for hydroxylation is 2. The van der Waals surface area contributed by atoms with E-state index in [1.165, 1.54) is 44.5 Å². The van der Waals surface area contributed by atoms with Crippen LogP contribution in [0.25, 0.3) is 27.8 Å². The molecule has 0 saturated heterocycles. The molecule has 6 aromatic rings. The Morgan fingerprint density at radius 1 is 0.444 bits per heavy atom. The Kier molecular flexibility index (Phi) is 9.48. The molecule has 0 unspecified atom stereocenters. The normalized spacial score (nSPS) is 12.1. The van der Waals surface area contributed by atoms with Gasteiger partial charge in [0.25, 0.3) is 0 Å². The van der Waals surface area contributed by atoms with E-state index < -0.39 is 0 Å². The highest BCUT2D eigenvalue weighted by molar-refractivity contribution is 5.91. The van der Waals surface area contributed by atoms with Gasteiger partial charge >= 0.3 is 0 Å². The van der Waals surface area contributed by atoms with Crippen LogP contribution >= 0.6 is 0 Å². The van der Waals surface area contributed by atoms with Crippen molar-refractivity contribution in [2.24, 2.45) is 0 Å². The molecular formula is C44H39N. The minimum Gasteiger partial charge on any atom is -0.310 e. The monoisotopic (exact) mass is 581 g/mol. The predicted octanol–water partition coefficient (Wildman–Crippen LogP) is 12.5. The Labute approximate surface area is 268 Å². The molecule has 6 aromatic carbocycles. The SMILES string of the molecule is Cc1cccc(N(c2ccc(C3=CCCC=C3)cc2)c2ccc(-c3ccccc3)cc2-c2ccccc2)c1.Cc1ccccc1. The molecule has 1 aliphatic rings. The first-order chi connectivity index (χ1) is 22.2. The second-order valence-corrected chi connectivity index (χ2v) is 11.5. The fourth-order valence-corrected chi connectivity index (χ4v) is 5.75. The molecule has 0 aliphatic heterocycles. The highest BCUT2D eigenvalue weighted by Gasteiger charge is 2.18. The van der Waals surface area contributed by atoms with Crippen molar-refractivity contribution < 1.29 is 0 Å². The van der Waals surface area contributed by atoms with Gasteiger partial charge in [-0.2, -0.15) is 0 Å². The molecule has 0 aromatic heterocycles. The van der Waals surface area contributed by atoms with Crippen LogP contribution in [-0.2, 0) is 0 Å². The van der Waals surface area contributed by atoms with Gasteiger partial charge in [-0.1, -0.05) is 145 Å². The lowest BCUT2D eigenvalue weighted by Crippen LogP contribution is -2.11. The summed E-state index contributed by atoms with van der Waals surface area (Å²) in [7, 11) is 0. The zero-order chi connectivity index (χ0) is 30.8. The number of anilines is 3. The van der Waals surface area contributed by atoms with E-state index in [4.69, 9.17) is 0 Å². The van der Waals surface area contributed by atoms with E-state index in [2.05, 4.69) is 177 Å². The van der Waals surface area contributed by atoms with E-state index in [0.29, 0.717) is 0 Å². The Morgan fingerprint density at radius 3 is 1.67 bits per heavy atom. The third-order valence-corrected chi connectivity index (χ3v) is 8.08. The standard InChI is InChI=1S/C37H31N.C7H8/c1-28-12-11-19-35(26-28)38(34-23-20-31(21-24-34)29-13-5-2-6-14-29)37-25-22-33(30-15-7-3-8-16-30)27-36(37)32-17-9-4-10-18-32;1-7-5-3-2-4-6-7/h3-5,7-27H,2,6H2,1H3;2-6H,1H3. The third kappa shape index (κ3) is 7.40. The molecule has 7 rings (SSSR count). The van der Waals surface area contributed by atoms with Crippen LogP contribution in [0.1, 0.15) is 29.5 Å². The Balaban J connectivity index is 0.000000452. The van der Waals surface area contributed by atoms with Gasteiger partial charge in [0, 0.05) is 16.9 Å². The maximum absolute atomic E-state index is 2.39. The number of allylic oxidation sites excluding steroid dienone is 4. The van der Waals surface area contributed by atoms with Crippen molar-refractivity contribution in [1.29, 1.82) is 0 Å². The highest BCUT2D eigenvalue weighted by atomic mass is 15.1. The zero-order valence-electron chi connectivity index (χ0n) is 26.1. The molecule has 45 heavy (non-hydrogen) atoms. The van der Waals surface area contributed by atoms with Crippen molar-refractivity contribution >= 4 is 22.6 Å².